The molecule has 1 aliphatic carbocycles. The van der Waals surface area contributed by atoms with E-state index in [1.54, 1.807) is 19.0 Å². The number of rotatable bonds is 6. The molecule has 17 heavy (non-hydrogen) atoms. The van der Waals surface area contributed by atoms with Gasteiger partial charge in [0, 0.05) is 33.2 Å². The molecule has 0 aromatic rings. The Morgan fingerprint density at radius 3 is 2.71 bits per heavy atom. The van der Waals surface area contributed by atoms with Crippen LogP contribution >= 0.6 is 0 Å². The van der Waals surface area contributed by atoms with Crippen molar-refractivity contribution < 1.29 is 9.53 Å². The predicted octanol–water partition coefficient (Wildman–Crippen LogP) is 1.40. The van der Waals surface area contributed by atoms with Crippen LogP contribution < -0.4 is 5.32 Å². The van der Waals surface area contributed by atoms with Gasteiger partial charge in [-0.15, -0.1) is 0 Å². The summed E-state index contributed by atoms with van der Waals surface area (Å²) in [6, 6.07) is 0.494. The van der Waals surface area contributed by atoms with Crippen LogP contribution in [0.2, 0.25) is 0 Å². The lowest BCUT2D eigenvalue weighted by Gasteiger charge is -2.31. The highest BCUT2D eigenvalue weighted by molar-refractivity contribution is 5.75. The molecule has 1 N–H and O–H groups in total. The first-order valence-electron chi connectivity index (χ1n) is 6.64. The van der Waals surface area contributed by atoms with Gasteiger partial charge in [-0.25, -0.2) is 0 Å². The lowest BCUT2D eigenvalue weighted by Crippen LogP contribution is -2.41. The van der Waals surface area contributed by atoms with Crippen molar-refractivity contribution in [1.29, 1.82) is 0 Å². The molecule has 1 rings (SSSR count). The van der Waals surface area contributed by atoms with Crippen LogP contribution in [0.4, 0.5) is 0 Å². The number of nitrogens with zero attached hydrogens (tertiary/aromatic N) is 1. The van der Waals surface area contributed by atoms with Gasteiger partial charge in [0.1, 0.15) is 0 Å². The standard InChI is InChI=1S/C13H26N2O2/c1-14-11-7-4-5-8-12(11)17-10-6-9-13(16)15(2)3/h11-12,14H,4-10H2,1-3H3. The lowest BCUT2D eigenvalue weighted by molar-refractivity contribution is -0.129. The van der Waals surface area contributed by atoms with Gasteiger partial charge in [0.2, 0.25) is 5.91 Å². The molecule has 0 bridgehead atoms. The summed E-state index contributed by atoms with van der Waals surface area (Å²) >= 11 is 0. The molecule has 0 spiro atoms. The molecule has 1 aliphatic rings. The van der Waals surface area contributed by atoms with Crippen molar-refractivity contribution >= 4 is 5.91 Å². The van der Waals surface area contributed by atoms with E-state index >= 15 is 0 Å². The van der Waals surface area contributed by atoms with Crippen LogP contribution in [0.1, 0.15) is 38.5 Å². The third-order valence-corrected chi connectivity index (χ3v) is 3.44. The van der Waals surface area contributed by atoms with E-state index in [0.29, 0.717) is 25.2 Å². The molecule has 0 aromatic carbocycles. The highest BCUT2D eigenvalue weighted by Crippen LogP contribution is 2.21. The summed E-state index contributed by atoms with van der Waals surface area (Å²) in [5.74, 6) is 0.183. The quantitative estimate of drug-likeness (QED) is 0.716. The highest BCUT2D eigenvalue weighted by atomic mass is 16.5. The molecule has 4 nitrogen and oxygen atoms in total. The van der Waals surface area contributed by atoms with Gasteiger partial charge in [0.05, 0.1) is 6.10 Å². The Morgan fingerprint density at radius 2 is 2.06 bits per heavy atom. The van der Waals surface area contributed by atoms with Crippen LogP contribution in [0.25, 0.3) is 0 Å². The summed E-state index contributed by atoms with van der Waals surface area (Å²) in [6.45, 7) is 0.697. The normalized spacial score (nSPS) is 24.6. The fraction of sp³-hybridized carbons (Fsp3) is 0.923. The van der Waals surface area contributed by atoms with E-state index in [0.717, 1.165) is 12.8 Å². The molecular formula is C13H26N2O2. The minimum atomic E-state index is 0.183. The second kappa shape index (κ2) is 7.67. The lowest BCUT2D eigenvalue weighted by atomic mass is 9.92. The first-order valence-corrected chi connectivity index (χ1v) is 6.64. The zero-order valence-electron chi connectivity index (χ0n) is 11.4. The van der Waals surface area contributed by atoms with Crippen molar-refractivity contribution in [3.8, 4) is 0 Å². The topological polar surface area (TPSA) is 41.6 Å². The molecule has 100 valence electrons. The largest absolute Gasteiger partial charge is 0.377 e. The average molecular weight is 242 g/mol. The fourth-order valence-electron chi connectivity index (χ4n) is 2.31. The van der Waals surface area contributed by atoms with Crippen molar-refractivity contribution in [1.82, 2.24) is 10.2 Å². The van der Waals surface area contributed by atoms with Crippen LogP contribution in [0.15, 0.2) is 0 Å². The minimum absolute atomic E-state index is 0.183. The molecule has 4 heteroatoms. The van der Waals surface area contributed by atoms with Gasteiger partial charge in [-0.1, -0.05) is 12.8 Å². The Kier molecular flexibility index (Phi) is 6.52. The third-order valence-electron chi connectivity index (χ3n) is 3.44. The molecule has 1 amide bonds. The van der Waals surface area contributed by atoms with Gasteiger partial charge in [0.15, 0.2) is 0 Å². The van der Waals surface area contributed by atoms with Gasteiger partial charge in [-0.3, -0.25) is 4.79 Å². The van der Waals surface area contributed by atoms with Crippen LogP contribution in [0, 0.1) is 0 Å². The Morgan fingerprint density at radius 1 is 1.35 bits per heavy atom. The van der Waals surface area contributed by atoms with E-state index in [9.17, 15) is 4.79 Å². The van der Waals surface area contributed by atoms with Crippen molar-refractivity contribution in [2.24, 2.45) is 0 Å². The van der Waals surface area contributed by atoms with E-state index in [4.69, 9.17) is 4.74 Å². The average Bonchev–Trinajstić information content (AvgIpc) is 2.34. The maximum atomic E-state index is 11.4. The van der Waals surface area contributed by atoms with E-state index in [1.165, 1.54) is 19.3 Å². The first-order chi connectivity index (χ1) is 8.15. The van der Waals surface area contributed by atoms with Gasteiger partial charge in [-0.2, -0.15) is 0 Å². The minimum Gasteiger partial charge on any atom is -0.377 e. The van der Waals surface area contributed by atoms with E-state index in [2.05, 4.69) is 5.32 Å². The summed E-state index contributed by atoms with van der Waals surface area (Å²) in [5, 5.41) is 3.32. The zero-order valence-corrected chi connectivity index (χ0v) is 11.4. The molecule has 0 saturated heterocycles. The van der Waals surface area contributed by atoms with Crippen LogP contribution in [-0.4, -0.2) is 50.7 Å². The first kappa shape index (κ1) is 14.5. The molecule has 2 atom stereocenters. The SMILES string of the molecule is CNC1CCCCC1OCCCC(=O)N(C)C. The van der Waals surface area contributed by atoms with Gasteiger partial charge < -0.3 is 15.0 Å². The summed E-state index contributed by atoms with van der Waals surface area (Å²) in [7, 11) is 5.59. The number of hydrogen-bond donors (Lipinski definition) is 1. The summed E-state index contributed by atoms with van der Waals surface area (Å²) < 4.78 is 5.88. The molecule has 0 aromatic heterocycles. The smallest absolute Gasteiger partial charge is 0.222 e. The molecular weight excluding hydrogens is 216 g/mol. The van der Waals surface area contributed by atoms with Crippen molar-refractivity contribution in [2.75, 3.05) is 27.7 Å². The molecule has 1 fully saturated rings. The number of likely N-dealkylation sites (N-methyl/N-ethyl adjacent to an activating group) is 1. The second-order valence-corrected chi connectivity index (χ2v) is 4.98. The highest BCUT2D eigenvalue weighted by Gasteiger charge is 2.23. The van der Waals surface area contributed by atoms with E-state index < -0.39 is 0 Å². The molecule has 0 radical (unpaired) electrons. The summed E-state index contributed by atoms with van der Waals surface area (Å²) in [6.07, 6.45) is 6.66. The second-order valence-electron chi connectivity index (χ2n) is 4.98. The van der Waals surface area contributed by atoms with Crippen molar-refractivity contribution in [3.63, 3.8) is 0 Å². The van der Waals surface area contributed by atoms with Gasteiger partial charge in [0.25, 0.3) is 0 Å². The van der Waals surface area contributed by atoms with Crippen molar-refractivity contribution in [2.45, 2.75) is 50.7 Å². The van der Waals surface area contributed by atoms with Crippen LogP contribution in [-0.2, 0) is 9.53 Å². The maximum Gasteiger partial charge on any atom is 0.222 e. The Labute approximate surface area is 105 Å². The molecule has 1 saturated carbocycles. The molecule has 2 unspecified atom stereocenters. The summed E-state index contributed by atoms with van der Waals surface area (Å²) in [4.78, 5) is 13.0. The summed E-state index contributed by atoms with van der Waals surface area (Å²) in [5.41, 5.74) is 0. The van der Waals surface area contributed by atoms with Crippen LogP contribution in [0.5, 0.6) is 0 Å². The van der Waals surface area contributed by atoms with Gasteiger partial charge in [-0.05, 0) is 26.3 Å². The van der Waals surface area contributed by atoms with Gasteiger partial charge >= 0.3 is 0 Å². The van der Waals surface area contributed by atoms with Crippen LogP contribution in [0.3, 0.4) is 0 Å². The number of amides is 1. The monoisotopic (exact) mass is 242 g/mol. The van der Waals surface area contributed by atoms with E-state index in [-0.39, 0.29) is 5.91 Å². The third kappa shape index (κ3) is 5.04. The zero-order chi connectivity index (χ0) is 12.7. The number of ether oxygens (including phenoxy) is 1. The number of carbonyl (C=O) groups excluding carboxylic acids is 1. The molecule has 0 aliphatic heterocycles. The Bertz CT molecular complexity index is 231. The number of nitrogens with one attached hydrogen (secondary N) is 1. The Balaban J connectivity index is 2.14. The number of carbonyl (C=O) groups is 1. The maximum absolute atomic E-state index is 11.4. The predicted molar refractivity (Wildman–Crippen MR) is 69.0 cm³/mol. The molecule has 0 heterocycles. The Hall–Kier alpha value is -0.610. The fourth-order valence-corrected chi connectivity index (χ4v) is 2.31. The van der Waals surface area contributed by atoms with E-state index in [1.807, 2.05) is 7.05 Å². The number of hydrogen-bond acceptors (Lipinski definition) is 3. The van der Waals surface area contributed by atoms with Crippen molar-refractivity contribution in [3.05, 3.63) is 0 Å².